The molecule has 2 unspecified atom stereocenters. The summed E-state index contributed by atoms with van der Waals surface area (Å²) in [7, 11) is 0. The Labute approximate surface area is 109 Å². The van der Waals surface area contributed by atoms with Gasteiger partial charge in [-0.3, -0.25) is 4.79 Å². The van der Waals surface area contributed by atoms with Crippen LogP contribution in [0.5, 0.6) is 0 Å². The summed E-state index contributed by atoms with van der Waals surface area (Å²) in [6, 6.07) is 5.77. The Hall–Kier alpha value is -0.870. The second-order valence-corrected chi connectivity index (χ2v) is 5.47. The van der Waals surface area contributed by atoms with Crippen molar-refractivity contribution in [2.75, 3.05) is 5.32 Å². The largest absolute Gasteiger partial charge is 0.392 e. The van der Waals surface area contributed by atoms with Crippen molar-refractivity contribution in [3.8, 4) is 0 Å². The Bertz CT molecular complexity index is 433. The summed E-state index contributed by atoms with van der Waals surface area (Å²) in [6.07, 6.45) is 1.95. The summed E-state index contributed by atoms with van der Waals surface area (Å²) in [5.41, 5.74) is 1.83. The lowest BCUT2D eigenvalue weighted by Gasteiger charge is -2.15. The summed E-state index contributed by atoms with van der Waals surface area (Å²) in [6.45, 7) is 1.95. The standard InChI is InChI=1S/C13H16BrNO2/c1-8-5-6-9(14)7-11(8)15-13(17)10-3-2-4-12(10)16/h5-7,10,12,16H,2-4H2,1H3,(H,15,17). The normalized spacial score (nSPS) is 23.7. The molecule has 0 aromatic heterocycles. The first-order valence-corrected chi connectivity index (χ1v) is 6.62. The maximum Gasteiger partial charge on any atom is 0.230 e. The van der Waals surface area contributed by atoms with Gasteiger partial charge in [0.15, 0.2) is 0 Å². The molecule has 1 aromatic carbocycles. The van der Waals surface area contributed by atoms with Crippen molar-refractivity contribution in [1.29, 1.82) is 0 Å². The fourth-order valence-corrected chi connectivity index (χ4v) is 2.56. The lowest BCUT2D eigenvalue weighted by atomic mass is 10.0. The van der Waals surface area contributed by atoms with Crippen LogP contribution in [0.25, 0.3) is 0 Å². The number of anilines is 1. The van der Waals surface area contributed by atoms with Crippen LogP contribution in [-0.2, 0) is 4.79 Å². The topological polar surface area (TPSA) is 49.3 Å². The Morgan fingerprint density at radius 2 is 2.24 bits per heavy atom. The number of aliphatic hydroxyl groups is 1. The van der Waals surface area contributed by atoms with Gasteiger partial charge in [0.05, 0.1) is 12.0 Å². The number of rotatable bonds is 2. The first-order chi connectivity index (χ1) is 8.08. The van der Waals surface area contributed by atoms with E-state index < -0.39 is 6.10 Å². The molecule has 0 bridgehead atoms. The minimum atomic E-state index is -0.484. The molecule has 2 N–H and O–H groups in total. The number of halogens is 1. The van der Waals surface area contributed by atoms with Crippen LogP contribution in [-0.4, -0.2) is 17.1 Å². The third kappa shape index (κ3) is 2.87. The highest BCUT2D eigenvalue weighted by Crippen LogP contribution is 2.28. The number of aryl methyl sites for hydroxylation is 1. The molecule has 1 amide bonds. The molecule has 2 atom stereocenters. The van der Waals surface area contributed by atoms with Gasteiger partial charge in [0.2, 0.25) is 5.91 Å². The molecule has 0 saturated heterocycles. The minimum Gasteiger partial charge on any atom is -0.392 e. The fourth-order valence-electron chi connectivity index (χ4n) is 2.20. The average molecular weight is 298 g/mol. The van der Waals surface area contributed by atoms with E-state index in [1.165, 1.54) is 0 Å². The molecule has 17 heavy (non-hydrogen) atoms. The van der Waals surface area contributed by atoms with E-state index in [2.05, 4.69) is 21.2 Å². The Kier molecular flexibility index (Phi) is 3.84. The minimum absolute atomic E-state index is 0.0730. The van der Waals surface area contributed by atoms with Gasteiger partial charge in [0.25, 0.3) is 0 Å². The maximum atomic E-state index is 12.0. The van der Waals surface area contributed by atoms with E-state index in [0.717, 1.165) is 35.0 Å². The highest BCUT2D eigenvalue weighted by molar-refractivity contribution is 9.10. The number of carbonyl (C=O) groups is 1. The maximum absolute atomic E-state index is 12.0. The third-order valence-corrected chi connectivity index (χ3v) is 3.77. The van der Waals surface area contributed by atoms with Gasteiger partial charge in [-0.2, -0.15) is 0 Å². The van der Waals surface area contributed by atoms with Crippen LogP contribution in [0.4, 0.5) is 5.69 Å². The van der Waals surface area contributed by atoms with Gasteiger partial charge >= 0.3 is 0 Å². The van der Waals surface area contributed by atoms with Crippen molar-refractivity contribution < 1.29 is 9.90 Å². The monoisotopic (exact) mass is 297 g/mol. The number of benzene rings is 1. The molecule has 3 nitrogen and oxygen atoms in total. The molecule has 2 rings (SSSR count). The zero-order valence-corrected chi connectivity index (χ0v) is 11.3. The number of hydrogen-bond donors (Lipinski definition) is 2. The fraction of sp³-hybridized carbons (Fsp3) is 0.462. The first-order valence-electron chi connectivity index (χ1n) is 5.83. The van der Waals surface area contributed by atoms with Crippen LogP contribution in [0.2, 0.25) is 0 Å². The van der Waals surface area contributed by atoms with Crippen molar-refractivity contribution >= 4 is 27.5 Å². The van der Waals surface area contributed by atoms with E-state index in [-0.39, 0.29) is 11.8 Å². The molecule has 1 aliphatic rings. The van der Waals surface area contributed by atoms with E-state index in [1.54, 1.807) is 0 Å². The summed E-state index contributed by atoms with van der Waals surface area (Å²) in [5.74, 6) is -0.329. The van der Waals surface area contributed by atoms with E-state index in [1.807, 2.05) is 25.1 Å². The molecule has 1 aliphatic carbocycles. The molecule has 0 spiro atoms. The summed E-state index contributed by atoms with van der Waals surface area (Å²) in [4.78, 5) is 12.0. The van der Waals surface area contributed by atoms with E-state index in [4.69, 9.17) is 0 Å². The van der Waals surface area contributed by atoms with Gasteiger partial charge in [0.1, 0.15) is 0 Å². The molecule has 4 heteroatoms. The van der Waals surface area contributed by atoms with E-state index >= 15 is 0 Å². The van der Waals surface area contributed by atoms with Crippen molar-refractivity contribution in [3.05, 3.63) is 28.2 Å². The zero-order chi connectivity index (χ0) is 12.4. The van der Waals surface area contributed by atoms with Crippen LogP contribution < -0.4 is 5.32 Å². The van der Waals surface area contributed by atoms with Crippen LogP contribution in [0.1, 0.15) is 24.8 Å². The van der Waals surface area contributed by atoms with Gasteiger partial charge in [0, 0.05) is 10.2 Å². The Balaban J connectivity index is 2.10. The predicted octanol–water partition coefficient (Wildman–Crippen LogP) is 2.86. The first kappa shape index (κ1) is 12.6. The smallest absolute Gasteiger partial charge is 0.230 e. The quantitative estimate of drug-likeness (QED) is 0.882. The second-order valence-electron chi connectivity index (χ2n) is 4.55. The Morgan fingerprint density at radius 3 is 2.88 bits per heavy atom. The summed E-state index contributed by atoms with van der Waals surface area (Å²) < 4.78 is 0.936. The molecule has 1 saturated carbocycles. The average Bonchev–Trinajstić information content (AvgIpc) is 2.70. The zero-order valence-electron chi connectivity index (χ0n) is 9.74. The highest BCUT2D eigenvalue weighted by atomic mass is 79.9. The van der Waals surface area contributed by atoms with Gasteiger partial charge in [-0.25, -0.2) is 0 Å². The number of aliphatic hydroxyl groups excluding tert-OH is 1. The van der Waals surface area contributed by atoms with Crippen molar-refractivity contribution in [2.45, 2.75) is 32.3 Å². The molecule has 92 valence electrons. The van der Waals surface area contributed by atoms with E-state index in [9.17, 15) is 9.90 Å². The van der Waals surface area contributed by atoms with Crippen LogP contribution in [0.15, 0.2) is 22.7 Å². The number of amides is 1. The lowest BCUT2D eigenvalue weighted by molar-refractivity contribution is -0.122. The molecule has 1 aromatic rings. The third-order valence-electron chi connectivity index (χ3n) is 3.27. The number of hydrogen-bond acceptors (Lipinski definition) is 2. The molecule has 1 fully saturated rings. The van der Waals surface area contributed by atoms with Gasteiger partial charge in [-0.15, -0.1) is 0 Å². The molecule has 0 radical (unpaired) electrons. The van der Waals surface area contributed by atoms with Crippen LogP contribution in [0, 0.1) is 12.8 Å². The summed E-state index contributed by atoms with van der Waals surface area (Å²) >= 11 is 3.38. The highest BCUT2D eigenvalue weighted by Gasteiger charge is 2.31. The molecular weight excluding hydrogens is 282 g/mol. The molecule has 0 aliphatic heterocycles. The number of carbonyl (C=O) groups excluding carboxylic acids is 1. The summed E-state index contributed by atoms with van der Waals surface area (Å²) in [5, 5.41) is 12.6. The van der Waals surface area contributed by atoms with E-state index in [0.29, 0.717) is 0 Å². The van der Waals surface area contributed by atoms with Crippen LogP contribution >= 0.6 is 15.9 Å². The SMILES string of the molecule is Cc1ccc(Br)cc1NC(=O)C1CCCC1O. The van der Waals surface area contributed by atoms with Crippen molar-refractivity contribution in [3.63, 3.8) is 0 Å². The van der Waals surface area contributed by atoms with Gasteiger partial charge in [-0.1, -0.05) is 22.0 Å². The molecule has 0 heterocycles. The predicted molar refractivity (Wildman–Crippen MR) is 70.9 cm³/mol. The molecular formula is C13H16BrNO2. The Morgan fingerprint density at radius 1 is 1.47 bits per heavy atom. The second kappa shape index (κ2) is 5.19. The van der Waals surface area contributed by atoms with Gasteiger partial charge in [-0.05, 0) is 43.9 Å². The van der Waals surface area contributed by atoms with Crippen LogP contribution in [0.3, 0.4) is 0 Å². The number of nitrogens with one attached hydrogen (secondary N) is 1. The van der Waals surface area contributed by atoms with Crippen molar-refractivity contribution in [1.82, 2.24) is 0 Å². The van der Waals surface area contributed by atoms with Crippen molar-refractivity contribution in [2.24, 2.45) is 5.92 Å². The van der Waals surface area contributed by atoms with Gasteiger partial charge < -0.3 is 10.4 Å². The lowest BCUT2D eigenvalue weighted by Crippen LogP contribution is -2.28.